The van der Waals surface area contributed by atoms with Gasteiger partial charge in [-0.2, -0.15) is 0 Å². The summed E-state index contributed by atoms with van der Waals surface area (Å²) in [5.41, 5.74) is 1.06. The summed E-state index contributed by atoms with van der Waals surface area (Å²) in [6.45, 7) is 1.85. The number of carbonyl (C=O) groups excluding carboxylic acids is 1. The minimum atomic E-state index is -0.358. The first-order valence-electron chi connectivity index (χ1n) is 8.61. The van der Waals surface area contributed by atoms with Gasteiger partial charge in [0.05, 0.1) is 6.04 Å². The maximum absolute atomic E-state index is 12.9. The Hall–Kier alpha value is -3.26. The quantitative estimate of drug-likeness (QED) is 0.506. The molecule has 0 aliphatic rings. The number of nitrogens with one attached hydrogen (secondary N) is 1. The van der Waals surface area contributed by atoms with Gasteiger partial charge in [-0.1, -0.05) is 28.1 Å². The van der Waals surface area contributed by atoms with Crippen LogP contribution in [0.1, 0.15) is 29.1 Å². The Balaban J connectivity index is 1.56. The van der Waals surface area contributed by atoms with Crippen molar-refractivity contribution in [3.63, 3.8) is 0 Å². The van der Waals surface area contributed by atoms with Gasteiger partial charge in [0.15, 0.2) is 11.5 Å². The van der Waals surface area contributed by atoms with Gasteiger partial charge in [-0.25, -0.2) is 4.98 Å². The number of hydrogen-bond donors (Lipinski definition) is 1. The third-order valence-corrected chi connectivity index (χ3v) is 4.59. The zero-order valence-corrected chi connectivity index (χ0v) is 16.5. The summed E-state index contributed by atoms with van der Waals surface area (Å²) in [4.78, 5) is 17.1. The minimum absolute atomic E-state index is 0.233. The monoisotopic (exact) mass is 437 g/mol. The normalized spacial score (nSPS) is 11.9. The Kier molecular flexibility index (Phi) is 5.03. The number of amides is 1. The van der Waals surface area contributed by atoms with E-state index < -0.39 is 0 Å². The summed E-state index contributed by atoms with van der Waals surface area (Å²) in [5.74, 6) is 1.15. The summed E-state index contributed by atoms with van der Waals surface area (Å²) in [5, 5.41) is 11.2. The van der Waals surface area contributed by atoms with E-state index in [1.54, 1.807) is 30.5 Å². The molecule has 1 unspecified atom stereocenters. The van der Waals surface area contributed by atoms with Crippen molar-refractivity contribution in [2.75, 3.05) is 0 Å². The van der Waals surface area contributed by atoms with Crippen LogP contribution in [0.25, 0.3) is 5.65 Å². The predicted molar refractivity (Wildman–Crippen MR) is 107 cm³/mol. The molecule has 7 nitrogen and oxygen atoms in total. The lowest BCUT2D eigenvalue weighted by molar-refractivity contribution is 0.0935. The van der Waals surface area contributed by atoms with Gasteiger partial charge in [0, 0.05) is 16.9 Å². The van der Waals surface area contributed by atoms with Crippen LogP contribution in [0, 0.1) is 0 Å². The summed E-state index contributed by atoms with van der Waals surface area (Å²) in [6, 6.07) is 16.0. The van der Waals surface area contributed by atoms with Crippen LogP contribution < -0.4 is 10.1 Å². The third-order valence-electron chi connectivity index (χ3n) is 4.10. The van der Waals surface area contributed by atoms with E-state index >= 15 is 0 Å². The molecule has 0 radical (unpaired) electrons. The van der Waals surface area contributed by atoms with E-state index in [1.165, 1.54) is 0 Å². The number of pyridine rings is 2. The topological polar surface area (TPSA) is 81.4 Å². The summed E-state index contributed by atoms with van der Waals surface area (Å²) >= 11 is 3.40. The molecule has 1 aromatic carbocycles. The Labute approximate surface area is 169 Å². The van der Waals surface area contributed by atoms with Gasteiger partial charge in [0.2, 0.25) is 5.88 Å². The standard InChI is InChI=1S/C20H16BrN5O2/c1-13(18-25-24-17-9-2-3-11-26(17)18)23-19(27)16-8-5-10-22-20(16)28-15-7-4-6-14(21)12-15/h2-13H,1H3,(H,23,27). The fourth-order valence-electron chi connectivity index (χ4n) is 2.78. The van der Waals surface area contributed by atoms with Crippen LogP contribution in [0.4, 0.5) is 0 Å². The van der Waals surface area contributed by atoms with Crippen molar-refractivity contribution < 1.29 is 9.53 Å². The summed E-state index contributed by atoms with van der Waals surface area (Å²) < 4.78 is 8.53. The Morgan fingerprint density at radius 2 is 2.04 bits per heavy atom. The maximum atomic E-state index is 12.9. The first-order chi connectivity index (χ1) is 13.6. The van der Waals surface area contributed by atoms with E-state index in [1.807, 2.05) is 47.9 Å². The fraction of sp³-hybridized carbons (Fsp3) is 0.100. The number of hydrogen-bond acceptors (Lipinski definition) is 5. The second kappa shape index (κ2) is 7.77. The van der Waals surface area contributed by atoms with Crippen LogP contribution in [0.5, 0.6) is 11.6 Å². The van der Waals surface area contributed by atoms with Crippen molar-refractivity contribution in [1.82, 2.24) is 24.9 Å². The molecule has 3 heterocycles. The molecule has 0 aliphatic heterocycles. The molecule has 0 saturated carbocycles. The van der Waals surface area contributed by atoms with Crippen LogP contribution in [0.3, 0.4) is 0 Å². The molecule has 0 spiro atoms. The second-order valence-corrected chi connectivity index (χ2v) is 7.01. The molecule has 28 heavy (non-hydrogen) atoms. The first-order valence-corrected chi connectivity index (χ1v) is 9.40. The Bertz CT molecular complexity index is 1140. The molecule has 0 fully saturated rings. The maximum Gasteiger partial charge on any atom is 0.257 e. The molecule has 8 heteroatoms. The molecular weight excluding hydrogens is 422 g/mol. The van der Waals surface area contributed by atoms with E-state index in [2.05, 4.69) is 36.4 Å². The van der Waals surface area contributed by atoms with Gasteiger partial charge in [0.25, 0.3) is 5.91 Å². The second-order valence-electron chi connectivity index (χ2n) is 6.10. The highest BCUT2D eigenvalue weighted by Gasteiger charge is 2.20. The number of halogens is 1. The lowest BCUT2D eigenvalue weighted by Crippen LogP contribution is -2.28. The lowest BCUT2D eigenvalue weighted by Gasteiger charge is -2.14. The molecule has 0 saturated heterocycles. The number of rotatable bonds is 5. The van der Waals surface area contributed by atoms with Crippen molar-refractivity contribution in [3.8, 4) is 11.6 Å². The first kappa shape index (κ1) is 18.1. The molecule has 1 amide bonds. The molecule has 1 atom stereocenters. The van der Waals surface area contributed by atoms with Gasteiger partial charge >= 0.3 is 0 Å². The molecule has 140 valence electrons. The smallest absolute Gasteiger partial charge is 0.257 e. The van der Waals surface area contributed by atoms with Gasteiger partial charge in [-0.15, -0.1) is 10.2 Å². The van der Waals surface area contributed by atoms with Gasteiger partial charge < -0.3 is 10.1 Å². The number of benzene rings is 1. The average Bonchev–Trinajstić information content (AvgIpc) is 3.12. The van der Waals surface area contributed by atoms with Crippen LogP contribution in [0.2, 0.25) is 0 Å². The molecule has 3 aromatic heterocycles. The Morgan fingerprint density at radius 1 is 1.14 bits per heavy atom. The average molecular weight is 438 g/mol. The molecule has 4 aromatic rings. The van der Waals surface area contributed by atoms with E-state index in [4.69, 9.17) is 4.74 Å². The highest BCUT2D eigenvalue weighted by Crippen LogP contribution is 2.26. The summed E-state index contributed by atoms with van der Waals surface area (Å²) in [6.07, 6.45) is 3.44. The highest BCUT2D eigenvalue weighted by atomic mass is 79.9. The van der Waals surface area contributed by atoms with Gasteiger partial charge in [0.1, 0.15) is 11.3 Å². The number of carbonyl (C=O) groups is 1. The van der Waals surface area contributed by atoms with E-state index in [0.717, 1.165) is 10.1 Å². The zero-order valence-electron chi connectivity index (χ0n) is 14.9. The van der Waals surface area contributed by atoms with Crippen molar-refractivity contribution in [2.45, 2.75) is 13.0 Å². The van der Waals surface area contributed by atoms with Crippen LogP contribution in [0.15, 0.2) is 71.5 Å². The van der Waals surface area contributed by atoms with Crippen molar-refractivity contribution in [3.05, 3.63) is 82.9 Å². The van der Waals surface area contributed by atoms with E-state index in [9.17, 15) is 4.79 Å². The van der Waals surface area contributed by atoms with Crippen LogP contribution >= 0.6 is 15.9 Å². The number of ether oxygens (including phenoxy) is 1. The van der Waals surface area contributed by atoms with E-state index in [-0.39, 0.29) is 17.8 Å². The van der Waals surface area contributed by atoms with Crippen molar-refractivity contribution in [2.24, 2.45) is 0 Å². The minimum Gasteiger partial charge on any atom is -0.438 e. The molecule has 1 N–H and O–H groups in total. The van der Waals surface area contributed by atoms with Crippen LogP contribution in [-0.4, -0.2) is 25.5 Å². The van der Waals surface area contributed by atoms with Crippen LogP contribution in [-0.2, 0) is 0 Å². The van der Waals surface area contributed by atoms with Crippen molar-refractivity contribution in [1.29, 1.82) is 0 Å². The number of nitrogens with zero attached hydrogens (tertiary/aromatic N) is 4. The largest absolute Gasteiger partial charge is 0.438 e. The van der Waals surface area contributed by atoms with E-state index in [0.29, 0.717) is 17.1 Å². The predicted octanol–water partition coefficient (Wildman–Crippen LogP) is 4.17. The number of aromatic nitrogens is 4. The van der Waals surface area contributed by atoms with Gasteiger partial charge in [-0.3, -0.25) is 9.20 Å². The van der Waals surface area contributed by atoms with Crippen molar-refractivity contribution >= 4 is 27.5 Å². The fourth-order valence-corrected chi connectivity index (χ4v) is 3.16. The SMILES string of the molecule is CC(NC(=O)c1cccnc1Oc1cccc(Br)c1)c1nnc2ccccn12. The zero-order chi connectivity index (χ0) is 19.5. The highest BCUT2D eigenvalue weighted by molar-refractivity contribution is 9.10. The van der Waals surface area contributed by atoms with Gasteiger partial charge in [-0.05, 0) is 49.4 Å². The molecule has 0 bridgehead atoms. The molecular formula is C20H16BrN5O2. The third kappa shape index (κ3) is 3.72. The number of fused-ring (bicyclic) bond motifs is 1. The Morgan fingerprint density at radius 3 is 2.89 bits per heavy atom. The molecule has 0 aliphatic carbocycles. The summed E-state index contributed by atoms with van der Waals surface area (Å²) in [7, 11) is 0. The molecule has 4 rings (SSSR count). The lowest BCUT2D eigenvalue weighted by atomic mass is 10.2.